The Hall–Kier alpha value is -1.81. The van der Waals surface area contributed by atoms with Crippen LogP contribution in [0.4, 0.5) is 4.39 Å². The van der Waals surface area contributed by atoms with Gasteiger partial charge in [0.25, 0.3) is 0 Å². The Balaban J connectivity index is 2.15. The van der Waals surface area contributed by atoms with Crippen LogP contribution in [-0.2, 0) is 0 Å². The van der Waals surface area contributed by atoms with Gasteiger partial charge in [0.05, 0.1) is 12.0 Å². The second kappa shape index (κ2) is 6.09. The van der Waals surface area contributed by atoms with Gasteiger partial charge in [-0.3, -0.25) is 9.59 Å². The van der Waals surface area contributed by atoms with Gasteiger partial charge in [-0.2, -0.15) is 0 Å². The average molecular weight is 335 g/mol. The lowest BCUT2D eigenvalue weighted by molar-refractivity contribution is 0.0892. The maximum Gasteiger partial charge on any atom is 0.173 e. The molecule has 20 heavy (non-hydrogen) atoms. The van der Waals surface area contributed by atoms with E-state index in [2.05, 4.69) is 15.9 Å². The van der Waals surface area contributed by atoms with Crippen molar-refractivity contribution in [3.8, 4) is 0 Å². The number of benzene rings is 2. The smallest absolute Gasteiger partial charge is 0.173 e. The second-order valence-electron chi connectivity index (χ2n) is 4.51. The van der Waals surface area contributed by atoms with Crippen molar-refractivity contribution in [2.75, 3.05) is 0 Å². The van der Waals surface area contributed by atoms with Crippen LogP contribution in [0, 0.1) is 12.7 Å². The molecule has 0 aromatic heterocycles. The molecule has 0 heterocycles. The van der Waals surface area contributed by atoms with Crippen LogP contribution in [-0.4, -0.2) is 11.6 Å². The van der Waals surface area contributed by atoms with Gasteiger partial charge in [0.2, 0.25) is 0 Å². The summed E-state index contributed by atoms with van der Waals surface area (Å²) in [6.07, 6.45) is -0.332. The second-order valence-corrected chi connectivity index (χ2v) is 5.43. The number of carbonyl (C=O) groups excluding carboxylic acids is 2. The van der Waals surface area contributed by atoms with Crippen LogP contribution < -0.4 is 0 Å². The van der Waals surface area contributed by atoms with Crippen molar-refractivity contribution in [3.63, 3.8) is 0 Å². The molecule has 0 atom stereocenters. The van der Waals surface area contributed by atoms with Gasteiger partial charge in [-0.25, -0.2) is 4.39 Å². The molecule has 0 bridgehead atoms. The number of aryl methyl sites for hydroxylation is 1. The van der Waals surface area contributed by atoms with Crippen LogP contribution in [0.3, 0.4) is 0 Å². The first-order valence-electron chi connectivity index (χ1n) is 6.05. The molecule has 2 nitrogen and oxygen atoms in total. The highest BCUT2D eigenvalue weighted by atomic mass is 79.9. The summed E-state index contributed by atoms with van der Waals surface area (Å²) in [6.45, 7) is 1.91. The van der Waals surface area contributed by atoms with Crippen LogP contribution in [0.25, 0.3) is 0 Å². The minimum atomic E-state index is -0.624. The summed E-state index contributed by atoms with van der Waals surface area (Å²) in [5.41, 5.74) is 1.43. The molecule has 102 valence electrons. The highest BCUT2D eigenvalue weighted by Gasteiger charge is 2.17. The number of ketones is 2. The lowest BCUT2D eigenvalue weighted by Crippen LogP contribution is -2.10. The Kier molecular flexibility index (Phi) is 4.45. The molecule has 0 saturated heterocycles. The van der Waals surface area contributed by atoms with Crippen LogP contribution >= 0.6 is 15.9 Å². The highest BCUT2D eigenvalue weighted by Crippen LogP contribution is 2.17. The average Bonchev–Trinajstić information content (AvgIpc) is 2.39. The Bertz CT molecular complexity index is 663. The van der Waals surface area contributed by atoms with Crippen LogP contribution in [0.5, 0.6) is 0 Å². The Morgan fingerprint density at radius 3 is 2.30 bits per heavy atom. The molecule has 0 radical (unpaired) electrons. The minimum absolute atomic E-state index is 0.0614. The SMILES string of the molecule is Cc1ccc(C(=O)CC(=O)c2ccc(Br)cc2F)cc1. The first-order valence-corrected chi connectivity index (χ1v) is 6.85. The summed E-state index contributed by atoms with van der Waals surface area (Å²) in [5.74, 6) is -1.45. The number of hydrogen-bond donors (Lipinski definition) is 0. The Labute approximate surface area is 124 Å². The van der Waals surface area contributed by atoms with E-state index in [0.29, 0.717) is 10.0 Å². The molecule has 4 heteroatoms. The third-order valence-corrected chi connectivity index (χ3v) is 3.42. The standard InChI is InChI=1S/C16H12BrFO2/c1-10-2-4-11(5-3-10)15(19)9-16(20)13-7-6-12(17)8-14(13)18/h2-8H,9H2,1H3. The van der Waals surface area contributed by atoms with Gasteiger partial charge < -0.3 is 0 Å². The Morgan fingerprint density at radius 1 is 1.05 bits per heavy atom. The lowest BCUT2D eigenvalue weighted by atomic mass is 10.0. The lowest BCUT2D eigenvalue weighted by Gasteiger charge is -2.03. The molecular formula is C16H12BrFO2. The summed E-state index contributed by atoms with van der Waals surface area (Å²) in [4.78, 5) is 23.9. The van der Waals surface area contributed by atoms with Gasteiger partial charge in [0.15, 0.2) is 11.6 Å². The van der Waals surface area contributed by atoms with Crippen LogP contribution in [0.1, 0.15) is 32.7 Å². The molecule has 0 unspecified atom stereocenters. The summed E-state index contributed by atoms with van der Waals surface area (Å²) < 4.78 is 14.2. The summed E-state index contributed by atoms with van der Waals surface area (Å²) in [5, 5.41) is 0. The fourth-order valence-electron chi connectivity index (χ4n) is 1.80. The minimum Gasteiger partial charge on any atom is -0.294 e. The first kappa shape index (κ1) is 14.6. The fraction of sp³-hybridized carbons (Fsp3) is 0.125. The highest BCUT2D eigenvalue weighted by molar-refractivity contribution is 9.10. The van der Waals surface area contributed by atoms with E-state index in [1.54, 1.807) is 30.3 Å². The van der Waals surface area contributed by atoms with Gasteiger partial charge in [-0.05, 0) is 25.1 Å². The Morgan fingerprint density at radius 2 is 1.70 bits per heavy atom. The number of Topliss-reactive ketones (excluding diaryl/α,β-unsaturated/α-hetero) is 2. The molecule has 2 aromatic rings. The largest absolute Gasteiger partial charge is 0.294 e. The molecule has 0 amide bonds. The van der Waals surface area contributed by atoms with E-state index in [0.717, 1.165) is 5.56 Å². The van der Waals surface area contributed by atoms with Crippen LogP contribution in [0.2, 0.25) is 0 Å². The molecule has 0 saturated carbocycles. The van der Waals surface area contributed by atoms with Gasteiger partial charge in [-0.1, -0.05) is 45.8 Å². The third-order valence-electron chi connectivity index (χ3n) is 2.93. The topological polar surface area (TPSA) is 34.1 Å². The van der Waals surface area contributed by atoms with Gasteiger partial charge >= 0.3 is 0 Å². The van der Waals surface area contributed by atoms with Crippen LogP contribution in [0.15, 0.2) is 46.9 Å². The van der Waals surface area contributed by atoms with Gasteiger partial charge in [0.1, 0.15) is 5.82 Å². The number of hydrogen-bond acceptors (Lipinski definition) is 2. The molecule has 0 aliphatic carbocycles. The molecule has 0 aliphatic rings. The first-order chi connectivity index (χ1) is 9.47. The third kappa shape index (κ3) is 3.39. The van der Waals surface area contributed by atoms with Crippen molar-refractivity contribution in [1.29, 1.82) is 0 Å². The van der Waals surface area contributed by atoms with E-state index < -0.39 is 11.6 Å². The summed E-state index contributed by atoms with van der Waals surface area (Å²) >= 11 is 3.12. The van der Waals surface area contributed by atoms with Gasteiger partial charge in [0, 0.05) is 10.0 Å². The predicted octanol–water partition coefficient (Wildman–Crippen LogP) is 4.35. The molecule has 0 aliphatic heterocycles. The van der Waals surface area contributed by atoms with Gasteiger partial charge in [-0.15, -0.1) is 0 Å². The van der Waals surface area contributed by atoms with Crippen molar-refractivity contribution in [2.45, 2.75) is 13.3 Å². The number of rotatable bonds is 4. The zero-order valence-corrected chi connectivity index (χ0v) is 12.4. The number of carbonyl (C=O) groups is 2. The summed E-state index contributed by atoms with van der Waals surface area (Å²) in [6, 6.07) is 11.1. The van der Waals surface area contributed by atoms with Crippen molar-refractivity contribution >= 4 is 27.5 Å². The molecular weight excluding hydrogens is 323 g/mol. The van der Waals surface area contributed by atoms with Crippen molar-refractivity contribution in [3.05, 3.63) is 69.4 Å². The predicted molar refractivity (Wildman–Crippen MR) is 78.6 cm³/mol. The maximum absolute atomic E-state index is 13.6. The van der Waals surface area contributed by atoms with Crippen molar-refractivity contribution in [1.82, 2.24) is 0 Å². The van der Waals surface area contributed by atoms with E-state index >= 15 is 0 Å². The zero-order chi connectivity index (χ0) is 14.7. The van der Waals surface area contributed by atoms with E-state index in [9.17, 15) is 14.0 Å². The molecule has 0 N–H and O–H groups in total. The van der Waals surface area contributed by atoms with E-state index in [1.165, 1.54) is 12.1 Å². The maximum atomic E-state index is 13.6. The zero-order valence-electron chi connectivity index (χ0n) is 10.8. The van der Waals surface area contributed by atoms with E-state index in [-0.39, 0.29) is 17.8 Å². The summed E-state index contributed by atoms with van der Waals surface area (Å²) in [7, 11) is 0. The normalized spacial score (nSPS) is 10.3. The molecule has 2 rings (SSSR count). The molecule has 0 fully saturated rings. The molecule has 2 aromatic carbocycles. The van der Waals surface area contributed by atoms with E-state index in [4.69, 9.17) is 0 Å². The quantitative estimate of drug-likeness (QED) is 0.615. The van der Waals surface area contributed by atoms with Crippen molar-refractivity contribution < 1.29 is 14.0 Å². The fourth-order valence-corrected chi connectivity index (χ4v) is 2.13. The van der Waals surface area contributed by atoms with Crippen molar-refractivity contribution in [2.24, 2.45) is 0 Å². The molecule has 0 spiro atoms. The number of halogens is 2. The monoisotopic (exact) mass is 334 g/mol. The van der Waals surface area contributed by atoms with E-state index in [1.807, 2.05) is 6.92 Å².